The Balaban J connectivity index is 1.86. The molecule has 0 aliphatic carbocycles. The van der Waals surface area contributed by atoms with Gasteiger partial charge >= 0.3 is 12.1 Å². The van der Waals surface area contributed by atoms with E-state index in [9.17, 15) is 23.9 Å². The number of urea groups is 2. The number of carbonyl (C=O) groups is 3. The van der Waals surface area contributed by atoms with Crippen molar-refractivity contribution in [3.8, 4) is 5.75 Å². The molecule has 1 heterocycles. The van der Waals surface area contributed by atoms with E-state index in [4.69, 9.17) is 4.74 Å². The van der Waals surface area contributed by atoms with Gasteiger partial charge in [0.2, 0.25) is 5.91 Å². The summed E-state index contributed by atoms with van der Waals surface area (Å²) in [5.74, 6) is -0.289. The molecule has 0 fully saturated rings. The maximum absolute atomic E-state index is 13.3. The summed E-state index contributed by atoms with van der Waals surface area (Å²) in [5, 5.41) is 18.0. The normalized spacial score (nSPS) is 18.2. The second kappa shape index (κ2) is 13.3. The maximum Gasteiger partial charge on any atom is 0.323 e. The predicted octanol–water partition coefficient (Wildman–Crippen LogP) is 3.67. The Morgan fingerprint density at radius 1 is 1.13 bits per heavy atom. The molecule has 0 saturated heterocycles. The van der Waals surface area contributed by atoms with Crippen LogP contribution in [0.5, 0.6) is 5.75 Å². The SMILES string of the molecule is CC(C)NC(=O)N(C)C[C@@H]1Oc2ccc(NC(=O)Nc3ccc(F)cc3)cc2CC(=O)N([C@@H](C)CO)C[C@@H]1C. The lowest BCUT2D eigenvalue weighted by Crippen LogP contribution is -2.49. The summed E-state index contributed by atoms with van der Waals surface area (Å²) in [7, 11) is 1.69. The number of hydrogen-bond donors (Lipinski definition) is 4. The lowest BCUT2D eigenvalue weighted by atomic mass is 10.0. The zero-order valence-electron chi connectivity index (χ0n) is 23.0. The lowest BCUT2D eigenvalue weighted by Gasteiger charge is -2.34. The van der Waals surface area contributed by atoms with Crippen molar-refractivity contribution in [3.63, 3.8) is 0 Å². The highest BCUT2D eigenvalue weighted by atomic mass is 19.1. The summed E-state index contributed by atoms with van der Waals surface area (Å²) in [6.07, 6.45) is -0.454. The summed E-state index contributed by atoms with van der Waals surface area (Å²) in [6, 6.07) is 9.20. The second-order valence-electron chi connectivity index (χ2n) is 10.3. The first-order valence-corrected chi connectivity index (χ1v) is 13.0. The van der Waals surface area contributed by atoms with E-state index >= 15 is 0 Å². The Hall–Kier alpha value is -3.86. The molecule has 0 radical (unpaired) electrons. The largest absolute Gasteiger partial charge is 0.488 e. The highest BCUT2D eigenvalue weighted by Crippen LogP contribution is 2.29. The van der Waals surface area contributed by atoms with Gasteiger partial charge in [0.15, 0.2) is 0 Å². The highest BCUT2D eigenvalue weighted by molar-refractivity contribution is 6.00. The zero-order chi connectivity index (χ0) is 28.7. The number of halogens is 1. The van der Waals surface area contributed by atoms with E-state index in [1.807, 2.05) is 20.8 Å². The Bertz CT molecular complexity index is 1160. The van der Waals surface area contributed by atoms with Crippen LogP contribution in [0.3, 0.4) is 0 Å². The average molecular weight is 544 g/mol. The maximum atomic E-state index is 13.3. The molecule has 11 heteroatoms. The Labute approximate surface area is 228 Å². The monoisotopic (exact) mass is 543 g/mol. The second-order valence-corrected chi connectivity index (χ2v) is 10.3. The molecule has 1 aliphatic heterocycles. The van der Waals surface area contributed by atoms with Crippen LogP contribution >= 0.6 is 0 Å². The smallest absolute Gasteiger partial charge is 0.323 e. The number of aliphatic hydroxyl groups excluding tert-OH is 1. The molecule has 0 bridgehead atoms. The molecule has 0 saturated carbocycles. The van der Waals surface area contributed by atoms with Gasteiger partial charge in [0.25, 0.3) is 0 Å². The van der Waals surface area contributed by atoms with Gasteiger partial charge in [-0.15, -0.1) is 0 Å². The van der Waals surface area contributed by atoms with Gasteiger partial charge in [-0.1, -0.05) is 6.92 Å². The molecule has 0 unspecified atom stereocenters. The molecule has 0 spiro atoms. The number of aliphatic hydroxyl groups is 1. The molecule has 3 rings (SSSR count). The van der Waals surface area contributed by atoms with Crippen molar-refractivity contribution in [1.82, 2.24) is 15.1 Å². The van der Waals surface area contributed by atoms with E-state index in [1.165, 1.54) is 24.3 Å². The number of ether oxygens (including phenoxy) is 1. The van der Waals surface area contributed by atoms with E-state index in [2.05, 4.69) is 16.0 Å². The van der Waals surface area contributed by atoms with Gasteiger partial charge in [0.1, 0.15) is 17.7 Å². The zero-order valence-corrected chi connectivity index (χ0v) is 23.0. The third-order valence-corrected chi connectivity index (χ3v) is 6.49. The molecule has 2 aromatic rings. The van der Waals surface area contributed by atoms with Gasteiger partial charge < -0.3 is 35.6 Å². The number of rotatable bonds is 7. The topological polar surface area (TPSA) is 123 Å². The quantitative estimate of drug-likeness (QED) is 0.424. The first-order chi connectivity index (χ1) is 18.5. The van der Waals surface area contributed by atoms with Gasteiger partial charge in [-0.25, -0.2) is 14.0 Å². The number of fused-ring (bicyclic) bond motifs is 1. The molecule has 212 valence electrons. The van der Waals surface area contributed by atoms with Crippen LogP contribution in [0.15, 0.2) is 42.5 Å². The van der Waals surface area contributed by atoms with Crippen molar-refractivity contribution in [3.05, 3.63) is 53.8 Å². The van der Waals surface area contributed by atoms with Crippen molar-refractivity contribution >= 4 is 29.3 Å². The van der Waals surface area contributed by atoms with E-state index in [1.54, 1.807) is 42.0 Å². The average Bonchev–Trinajstić information content (AvgIpc) is 2.92. The van der Waals surface area contributed by atoms with Gasteiger partial charge in [0, 0.05) is 42.5 Å². The third kappa shape index (κ3) is 8.31. The summed E-state index contributed by atoms with van der Waals surface area (Å²) in [4.78, 5) is 41.6. The highest BCUT2D eigenvalue weighted by Gasteiger charge is 2.32. The lowest BCUT2D eigenvalue weighted by molar-refractivity contribution is -0.134. The molecule has 0 aromatic heterocycles. The number of carbonyl (C=O) groups excluding carboxylic acids is 3. The predicted molar refractivity (Wildman–Crippen MR) is 147 cm³/mol. The minimum absolute atomic E-state index is 0.00209. The van der Waals surface area contributed by atoms with E-state index in [0.717, 1.165) is 0 Å². The molecular weight excluding hydrogens is 505 g/mol. The molecule has 39 heavy (non-hydrogen) atoms. The van der Waals surface area contributed by atoms with Crippen molar-refractivity contribution < 1.29 is 28.6 Å². The fourth-order valence-electron chi connectivity index (χ4n) is 4.26. The van der Waals surface area contributed by atoms with E-state index in [0.29, 0.717) is 29.2 Å². The van der Waals surface area contributed by atoms with Crippen molar-refractivity contribution in [2.45, 2.75) is 52.3 Å². The van der Waals surface area contributed by atoms with Crippen molar-refractivity contribution in [2.75, 3.05) is 37.4 Å². The van der Waals surface area contributed by atoms with Crippen molar-refractivity contribution in [2.24, 2.45) is 5.92 Å². The molecule has 3 atom stereocenters. The Morgan fingerprint density at radius 2 is 1.77 bits per heavy atom. The summed E-state index contributed by atoms with van der Waals surface area (Å²) < 4.78 is 19.6. The molecule has 10 nitrogen and oxygen atoms in total. The molecule has 5 amide bonds. The van der Waals surface area contributed by atoms with Crippen LogP contribution in [0.4, 0.5) is 25.4 Å². The van der Waals surface area contributed by atoms with Gasteiger partial charge in [-0.2, -0.15) is 0 Å². The molecule has 4 N–H and O–H groups in total. The first-order valence-electron chi connectivity index (χ1n) is 13.0. The number of amides is 5. The summed E-state index contributed by atoms with van der Waals surface area (Å²) >= 11 is 0. The standard InChI is InChI=1S/C28H38FN5O5/c1-17(2)30-28(38)33(5)15-25-18(3)14-34(19(4)16-35)26(36)13-20-12-23(10-11-24(20)39-25)32-27(37)31-22-8-6-21(29)7-9-22/h6-12,17-19,25,35H,13-16H2,1-5H3,(H,30,38)(H2,31,32,37)/t18-,19-,25-/m0/s1. The third-order valence-electron chi connectivity index (χ3n) is 6.49. The number of benzene rings is 2. The molecular formula is C28H38FN5O5. The minimum Gasteiger partial charge on any atom is -0.488 e. The van der Waals surface area contributed by atoms with Crippen LogP contribution in [-0.2, 0) is 11.2 Å². The number of nitrogens with zero attached hydrogens (tertiary/aromatic N) is 2. The van der Waals surface area contributed by atoms with Gasteiger partial charge in [-0.05, 0) is 63.2 Å². The molecule has 1 aliphatic rings. The fraction of sp³-hybridized carbons (Fsp3) is 0.464. The number of anilines is 2. The minimum atomic E-state index is -0.531. The van der Waals surface area contributed by atoms with Gasteiger partial charge in [-0.3, -0.25) is 4.79 Å². The van der Waals surface area contributed by atoms with Crippen molar-refractivity contribution in [1.29, 1.82) is 0 Å². The Morgan fingerprint density at radius 3 is 2.41 bits per heavy atom. The molecule has 2 aromatic carbocycles. The number of nitrogens with one attached hydrogen (secondary N) is 3. The van der Waals surface area contributed by atoms with E-state index in [-0.39, 0.29) is 43.5 Å². The first kappa shape index (κ1) is 29.7. The van der Waals surface area contributed by atoms with Gasteiger partial charge in [0.05, 0.1) is 25.6 Å². The van der Waals surface area contributed by atoms with Crippen LogP contribution in [0.2, 0.25) is 0 Å². The summed E-state index contributed by atoms with van der Waals surface area (Å²) in [6.45, 7) is 7.90. The Kier molecular flexibility index (Phi) is 10.1. The fourth-order valence-corrected chi connectivity index (χ4v) is 4.26. The number of likely N-dealkylation sites (N-methyl/N-ethyl adjacent to an activating group) is 1. The summed E-state index contributed by atoms with van der Waals surface area (Å²) in [5.41, 5.74) is 1.41. The van der Waals surface area contributed by atoms with Crippen LogP contribution in [0.25, 0.3) is 0 Å². The van der Waals surface area contributed by atoms with Crippen LogP contribution in [-0.4, -0.2) is 77.8 Å². The van der Waals surface area contributed by atoms with Crippen LogP contribution < -0.4 is 20.7 Å². The van der Waals surface area contributed by atoms with Crippen LogP contribution in [0.1, 0.15) is 33.3 Å². The van der Waals surface area contributed by atoms with Crippen LogP contribution in [0, 0.1) is 11.7 Å². The van der Waals surface area contributed by atoms with E-state index < -0.39 is 24.0 Å². The number of hydrogen-bond acceptors (Lipinski definition) is 5.